The Morgan fingerprint density at radius 2 is 1.88 bits per heavy atom. The number of halogens is 5. The van der Waals surface area contributed by atoms with Crippen molar-refractivity contribution in [2.45, 2.75) is 6.18 Å². The Morgan fingerprint density at radius 3 is 2.44 bits per heavy atom. The molecule has 0 spiro atoms. The van der Waals surface area contributed by atoms with Gasteiger partial charge in [0.15, 0.2) is 0 Å². The van der Waals surface area contributed by atoms with Crippen molar-refractivity contribution in [1.29, 1.82) is 0 Å². The van der Waals surface area contributed by atoms with Gasteiger partial charge in [0.05, 0.1) is 11.1 Å². The van der Waals surface area contributed by atoms with E-state index in [-0.39, 0.29) is 0 Å². The van der Waals surface area contributed by atoms with Crippen molar-refractivity contribution < 1.29 is 17.6 Å². The topological polar surface area (TPSA) is 4.93 Å². The minimum Gasteiger partial charge on any atom is -0.349 e. The molecule has 16 heavy (non-hydrogen) atoms. The van der Waals surface area contributed by atoms with E-state index in [1.807, 2.05) is 22.6 Å². The third kappa shape index (κ3) is 1.79. The first-order valence-corrected chi connectivity index (χ1v) is 5.40. The van der Waals surface area contributed by atoms with Gasteiger partial charge in [0, 0.05) is 22.2 Å². The molecule has 1 heterocycles. The molecule has 1 aromatic carbocycles. The van der Waals surface area contributed by atoms with Crippen molar-refractivity contribution in [3.63, 3.8) is 0 Å². The molecule has 0 bridgehead atoms. The first-order valence-electron chi connectivity index (χ1n) is 4.32. The number of aromatic nitrogens is 1. The highest BCUT2D eigenvalue weighted by Gasteiger charge is 2.34. The molecule has 0 fully saturated rings. The molecule has 2 aromatic rings. The van der Waals surface area contributed by atoms with Crippen LogP contribution in [0.2, 0.25) is 0 Å². The molecule has 0 saturated heterocycles. The summed E-state index contributed by atoms with van der Waals surface area (Å²) in [5.41, 5.74) is -0.765. The van der Waals surface area contributed by atoms with Crippen molar-refractivity contribution in [3.05, 3.63) is 33.3 Å². The van der Waals surface area contributed by atoms with E-state index in [2.05, 4.69) is 0 Å². The van der Waals surface area contributed by atoms with Crippen LogP contribution in [-0.2, 0) is 13.2 Å². The fraction of sp³-hybridized carbons (Fsp3) is 0.200. The second-order valence-electron chi connectivity index (χ2n) is 3.43. The van der Waals surface area contributed by atoms with Crippen LogP contribution in [0.5, 0.6) is 0 Å². The van der Waals surface area contributed by atoms with Crippen LogP contribution in [0.3, 0.4) is 0 Å². The monoisotopic (exact) mass is 343 g/mol. The van der Waals surface area contributed by atoms with E-state index in [0.29, 0.717) is 14.5 Å². The average Bonchev–Trinajstić information content (AvgIpc) is 2.39. The summed E-state index contributed by atoms with van der Waals surface area (Å²) in [7, 11) is 1.66. The van der Waals surface area contributed by atoms with Crippen LogP contribution in [0, 0.1) is 9.39 Å². The van der Waals surface area contributed by atoms with Gasteiger partial charge < -0.3 is 4.57 Å². The zero-order chi connectivity index (χ0) is 12.1. The van der Waals surface area contributed by atoms with Crippen LogP contribution in [0.4, 0.5) is 17.6 Å². The van der Waals surface area contributed by atoms with E-state index in [0.717, 1.165) is 12.1 Å². The van der Waals surface area contributed by atoms with Gasteiger partial charge in [-0.25, -0.2) is 4.39 Å². The van der Waals surface area contributed by atoms with Crippen molar-refractivity contribution in [2.24, 2.45) is 7.05 Å². The fourth-order valence-corrected chi connectivity index (χ4v) is 2.42. The van der Waals surface area contributed by atoms with E-state index in [4.69, 9.17) is 0 Å². The summed E-state index contributed by atoms with van der Waals surface area (Å²) in [5.74, 6) is -1.24. The highest BCUT2D eigenvalue weighted by molar-refractivity contribution is 14.1. The molecule has 0 unspecified atom stereocenters. The number of fused-ring (bicyclic) bond motifs is 1. The summed E-state index contributed by atoms with van der Waals surface area (Å²) in [6.07, 6.45) is -3.00. The number of rotatable bonds is 0. The van der Waals surface area contributed by atoms with Gasteiger partial charge in [0.2, 0.25) is 0 Å². The van der Waals surface area contributed by atoms with Crippen LogP contribution >= 0.6 is 22.6 Å². The van der Waals surface area contributed by atoms with Crippen molar-refractivity contribution in [3.8, 4) is 0 Å². The lowest BCUT2D eigenvalue weighted by Crippen LogP contribution is -2.08. The summed E-state index contributed by atoms with van der Waals surface area (Å²) in [6, 6.07) is 1.77. The van der Waals surface area contributed by atoms with Crippen LogP contribution < -0.4 is 0 Å². The average molecular weight is 343 g/mol. The van der Waals surface area contributed by atoms with Gasteiger partial charge in [0.1, 0.15) is 5.82 Å². The van der Waals surface area contributed by atoms with Gasteiger partial charge in [-0.3, -0.25) is 0 Å². The molecule has 86 valence electrons. The van der Waals surface area contributed by atoms with Gasteiger partial charge in [0.25, 0.3) is 0 Å². The molecule has 1 aromatic heterocycles. The lowest BCUT2D eigenvalue weighted by Gasteiger charge is -2.08. The minimum absolute atomic E-state index is 0.414. The van der Waals surface area contributed by atoms with E-state index in [1.54, 1.807) is 17.8 Å². The summed E-state index contributed by atoms with van der Waals surface area (Å²) in [6.45, 7) is 0. The first kappa shape index (κ1) is 11.7. The second kappa shape index (κ2) is 3.61. The third-order valence-electron chi connectivity index (χ3n) is 2.34. The molecule has 0 aliphatic rings. The quantitative estimate of drug-likeness (QED) is 0.504. The number of hydrogen-bond acceptors (Lipinski definition) is 0. The van der Waals surface area contributed by atoms with Crippen LogP contribution in [0.25, 0.3) is 10.9 Å². The molecule has 6 heteroatoms. The molecule has 1 nitrogen and oxygen atoms in total. The largest absolute Gasteiger partial charge is 0.419 e. The molecule has 0 atom stereocenters. The molecular formula is C10H6F4IN. The highest BCUT2D eigenvalue weighted by Crippen LogP contribution is 2.35. The number of alkyl halides is 3. The van der Waals surface area contributed by atoms with Gasteiger partial charge in [-0.05, 0) is 34.7 Å². The zero-order valence-corrected chi connectivity index (χ0v) is 10.2. The predicted molar refractivity (Wildman–Crippen MR) is 60.6 cm³/mol. The number of aryl methyl sites for hydroxylation is 1. The highest BCUT2D eigenvalue weighted by atomic mass is 127. The Bertz CT molecular complexity index is 556. The summed E-state index contributed by atoms with van der Waals surface area (Å²) in [4.78, 5) is 0. The molecule has 2 rings (SSSR count). The molecule has 0 amide bonds. The SMILES string of the molecule is Cn1cc(I)c2cc(C(F)(F)F)c(F)cc21. The predicted octanol–water partition coefficient (Wildman–Crippen LogP) is 3.94. The van der Waals surface area contributed by atoms with Crippen LogP contribution in [0.1, 0.15) is 5.56 Å². The summed E-state index contributed by atoms with van der Waals surface area (Å²) in [5, 5.41) is 0.414. The Balaban J connectivity index is 2.81. The Morgan fingerprint density at radius 1 is 1.25 bits per heavy atom. The van der Waals surface area contributed by atoms with Gasteiger partial charge in [-0.15, -0.1) is 0 Å². The standard InChI is InChI=1S/C10H6F4IN/c1-16-4-8(15)5-2-6(10(12,13)14)7(11)3-9(5)16/h2-4H,1H3. The van der Waals surface area contributed by atoms with Gasteiger partial charge in [-0.2, -0.15) is 13.2 Å². The molecule has 0 N–H and O–H groups in total. The first-order chi connectivity index (χ1) is 7.30. The Kier molecular flexibility index (Phi) is 2.64. The number of benzene rings is 1. The maximum absolute atomic E-state index is 13.3. The maximum Gasteiger partial charge on any atom is 0.419 e. The maximum atomic E-state index is 13.3. The molecule has 0 radical (unpaired) electrons. The van der Waals surface area contributed by atoms with E-state index >= 15 is 0 Å². The summed E-state index contributed by atoms with van der Waals surface area (Å²) < 4.78 is 52.9. The van der Waals surface area contributed by atoms with Crippen molar-refractivity contribution in [2.75, 3.05) is 0 Å². The van der Waals surface area contributed by atoms with E-state index in [9.17, 15) is 17.6 Å². The summed E-state index contributed by atoms with van der Waals surface area (Å²) >= 11 is 1.92. The fourth-order valence-electron chi connectivity index (χ4n) is 1.57. The lowest BCUT2D eigenvalue weighted by atomic mass is 10.1. The number of hydrogen-bond donors (Lipinski definition) is 0. The Hall–Kier alpha value is -0.790. The smallest absolute Gasteiger partial charge is 0.349 e. The van der Waals surface area contributed by atoms with Gasteiger partial charge in [-0.1, -0.05) is 0 Å². The number of nitrogens with zero attached hydrogens (tertiary/aromatic N) is 1. The molecule has 0 aliphatic carbocycles. The van der Waals surface area contributed by atoms with Crippen LogP contribution in [-0.4, -0.2) is 4.57 Å². The lowest BCUT2D eigenvalue weighted by molar-refractivity contribution is -0.139. The van der Waals surface area contributed by atoms with Crippen molar-refractivity contribution in [1.82, 2.24) is 4.57 Å². The third-order valence-corrected chi connectivity index (χ3v) is 3.19. The normalized spacial score (nSPS) is 12.4. The second-order valence-corrected chi connectivity index (χ2v) is 4.60. The zero-order valence-electron chi connectivity index (χ0n) is 8.07. The molecule has 0 saturated carbocycles. The van der Waals surface area contributed by atoms with E-state index in [1.165, 1.54) is 0 Å². The van der Waals surface area contributed by atoms with E-state index < -0.39 is 17.6 Å². The Labute approximate surface area is 102 Å². The van der Waals surface area contributed by atoms with Gasteiger partial charge >= 0.3 is 6.18 Å². The molecular weight excluding hydrogens is 337 g/mol. The minimum atomic E-state index is -4.66. The molecule has 0 aliphatic heterocycles. The van der Waals surface area contributed by atoms with Crippen LogP contribution in [0.15, 0.2) is 18.3 Å². The van der Waals surface area contributed by atoms with Crippen molar-refractivity contribution >= 4 is 33.5 Å².